The zero-order chi connectivity index (χ0) is 20.6. The summed E-state index contributed by atoms with van der Waals surface area (Å²) in [5.74, 6) is 0.496. The first-order valence-electron chi connectivity index (χ1n) is 10.7. The van der Waals surface area contributed by atoms with Crippen LogP contribution in [0.25, 0.3) is 0 Å². The molecule has 1 aromatic heterocycles. The number of amides is 2. The van der Waals surface area contributed by atoms with Crippen LogP contribution in [0.4, 0.5) is 0 Å². The Morgan fingerprint density at radius 3 is 2.53 bits per heavy atom. The molecule has 5 rings (SSSR count). The van der Waals surface area contributed by atoms with Crippen LogP contribution in [0.2, 0.25) is 0 Å². The molecule has 1 N–H and O–H groups in total. The number of carbonyl (C=O) groups excluding carboxylic acids is 2. The number of pyridine rings is 1. The number of likely N-dealkylation sites (tertiary alicyclic amines) is 1. The first kappa shape index (κ1) is 19.2. The minimum absolute atomic E-state index is 0.0470. The molecule has 1 unspecified atom stereocenters. The van der Waals surface area contributed by atoms with Crippen LogP contribution in [-0.4, -0.2) is 47.0 Å². The normalized spacial score (nSPS) is 23.1. The highest BCUT2D eigenvalue weighted by Crippen LogP contribution is 2.51. The first-order chi connectivity index (χ1) is 14.6. The number of ether oxygens (including phenoxy) is 1. The molecule has 2 amide bonds. The summed E-state index contributed by atoms with van der Waals surface area (Å²) in [6, 6.07) is 13.9. The highest BCUT2D eigenvalue weighted by atomic mass is 16.5. The van der Waals surface area contributed by atoms with E-state index in [1.165, 1.54) is 0 Å². The van der Waals surface area contributed by atoms with Gasteiger partial charge in [0.05, 0.1) is 25.1 Å². The van der Waals surface area contributed by atoms with Gasteiger partial charge >= 0.3 is 0 Å². The Morgan fingerprint density at radius 2 is 1.83 bits per heavy atom. The summed E-state index contributed by atoms with van der Waals surface area (Å²) in [6.07, 6.45) is 6.62. The van der Waals surface area contributed by atoms with Gasteiger partial charge in [-0.3, -0.25) is 14.6 Å². The maximum Gasteiger partial charge on any atom is 0.233 e. The fourth-order valence-electron chi connectivity index (χ4n) is 4.93. The van der Waals surface area contributed by atoms with Gasteiger partial charge in [0, 0.05) is 25.4 Å². The molecule has 3 heterocycles. The second-order valence-electron chi connectivity index (χ2n) is 9.01. The summed E-state index contributed by atoms with van der Waals surface area (Å²) in [5, 5.41) is 2.98. The molecule has 2 saturated heterocycles. The molecule has 1 atom stereocenters. The number of benzene rings is 1. The smallest absolute Gasteiger partial charge is 0.233 e. The van der Waals surface area contributed by atoms with Gasteiger partial charge in [-0.1, -0.05) is 30.3 Å². The summed E-state index contributed by atoms with van der Waals surface area (Å²) < 4.78 is 6.09. The lowest BCUT2D eigenvalue weighted by atomic mass is 9.83. The molecule has 3 aliphatic rings. The number of hydrogen-bond acceptors (Lipinski definition) is 4. The largest absolute Gasteiger partial charge is 0.371 e. The van der Waals surface area contributed by atoms with Crippen molar-refractivity contribution in [3.8, 4) is 0 Å². The summed E-state index contributed by atoms with van der Waals surface area (Å²) in [5.41, 5.74) is 1.61. The number of rotatable bonds is 6. The van der Waals surface area contributed by atoms with Crippen molar-refractivity contribution in [3.05, 3.63) is 66.0 Å². The minimum Gasteiger partial charge on any atom is -0.371 e. The van der Waals surface area contributed by atoms with Gasteiger partial charge in [0.15, 0.2) is 0 Å². The zero-order valence-corrected chi connectivity index (χ0v) is 17.0. The van der Waals surface area contributed by atoms with Gasteiger partial charge in [0.25, 0.3) is 0 Å². The molecule has 0 radical (unpaired) electrons. The maximum absolute atomic E-state index is 13.1. The molecular formula is C24H27N3O3. The van der Waals surface area contributed by atoms with Crippen LogP contribution in [0.5, 0.6) is 0 Å². The standard InChI is InChI=1S/C24H27N3O3/c28-21(26-14-18-6-10-25-11-7-18)12-19-13-23(30-15-19)16-27(17-23)22(29)24(8-9-24)20-4-2-1-3-5-20/h1-7,10-11,19H,8-9,12-17H2,(H,26,28). The SMILES string of the molecule is O=C(CC1COC2(C1)CN(C(=O)C1(c3ccccc3)CC1)C2)NCc1ccncc1. The average molecular weight is 405 g/mol. The van der Waals surface area contributed by atoms with E-state index in [4.69, 9.17) is 4.74 Å². The van der Waals surface area contributed by atoms with Crippen molar-refractivity contribution in [2.24, 2.45) is 5.92 Å². The third kappa shape index (κ3) is 3.60. The molecular weight excluding hydrogens is 378 g/mol. The van der Waals surface area contributed by atoms with E-state index in [0.29, 0.717) is 32.7 Å². The van der Waals surface area contributed by atoms with Gasteiger partial charge in [-0.2, -0.15) is 0 Å². The molecule has 1 aromatic carbocycles. The van der Waals surface area contributed by atoms with Crippen molar-refractivity contribution in [1.29, 1.82) is 0 Å². The molecule has 30 heavy (non-hydrogen) atoms. The molecule has 6 nitrogen and oxygen atoms in total. The monoisotopic (exact) mass is 405 g/mol. The number of nitrogens with one attached hydrogen (secondary N) is 1. The van der Waals surface area contributed by atoms with E-state index in [1.54, 1.807) is 12.4 Å². The molecule has 0 bridgehead atoms. The van der Waals surface area contributed by atoms with Crippen LogP contribution in [0, 0.1) is 5.92 Å². The Bertz CT molecular complexity index is 921. The summed E-state index contributed by atoms with van der Waals surface area (Å²) >= 11 is 0. The topological polar surface area (TPSA) is 71.5 Å². The van der Waals surface area contributed by atoms with Crippen molar-refractivity contribution < 1.29 is 14.3 Å². The van der Waals surface area contributed by atoms with Crippen LogP contribution in [-0.2, 0) is 26.3 Å². The van der Waals surface area contributed by atoms with E-state index < -0.39 is 0 Å². The van der Waals surface area contributed by atoms with Gasteiger partial charge < -0.3 is 15.0 Å². The van der Waals surface area contributed by atoms with Gasteiger partial charge in [-0.15, -0.1) is 0 Å². The summed E-state index contributed by atoms with van der Waals surface area (Å²) in [7, 11) is 0. The quantitative estimate of drug-likeness (QED) is 0.801. The van der Waals surface area contributed by atoms with Crippen LogP contribution in [0.3, 0.4) is 0 Å². The Morgan fingerprint density at radius 1 is 1.10 bits per heavy atom. The molecule has 3 fully saturated rings. The summed E-state index contributed by atoms with van der Waals surface area (Å²) in [6.45, 7) is 2.41. The second kappa shape index (κ2) is 7.51. The Hall–Kier alpha value is -2.73. The third-order valence-electron chi connectivity index (χ3n) is 6.73. The fourth-order valence-corrected chi connectivity index (χ4v) is 4.93. The van der Waals surface area contributed by atoms with Crippen molar-refractivity contribution in [2.75, 3.05) is 19.7 Å². The number of aromatic nitrogens is 1. The molecule has 2 aliphatic heterocycles. The lowest BCUT2D eigenvalue weighted by molar-refractivity contribution is -0.160. The zero-order valence-electron chi connectivity index (χ0n) is 17.0. The van der Waals surface area contributed by atoms with Crippen LogP contribution >= 0.6 is 0 Å². The average Bonchev–Trinajstić information content (AvgIpc) is 3.46. The predicted molar refractivity (Wildman–Crippen MR) is 111 cm³/mol. The molecule has 156 valence electrons. The lowest BCUT2D eigenvalue weighted by Gasteiger charge is -2.48. The maximum atomic E-state index is 13.1. The van der Waals surface area contributed by atoms with Crippen molar-refractivity contribution >= 4 is 11.8 Å². The number of hydrogen-bond donors (Lipinski definition) is 1. The number of carbonyl (C=O) groups is 2. The van der Waals surface area contributed by atoms with E-state index in [0.717, 1.165) is 30.4 Å². The minimum atomic E-state index is -0.312. The molecule has 1 aliphatic carbocycles. The van der Waals surface area contributed by atoms with Gasteiger partial charge in [0.2, 0.25) is 11.8 Å². The lowest BCUT2D eigenvalue weighted by Crippen LogP contribution is -2.64. The van der Waals surface area contributed by atoms with E-state index in [1.807, 2.05) is 35.2 Å². The van der Waals surface area contributed by atoms with Crippen LogP contribution in [0.1, 0.15) is 36.8 Å². The van der Waals surface area contributed by atoms with Crippen molar-refractivity contribution in [2.45, 2.75) is 43.2 Å². The van der Waals surface area contributed by atoms with Crippen LogP contribution in [0.15, 0.2) is 54.9 Å². The highest BCUT2D eigenvalue weighted by molar-refractivity contribution is 5.92. The highest BCUT2D eigenvalue weighted by Gasteiger charge is 2.59. The Balaban J connectivity index is 1.10. The molecule has 6 heteroatoms. The first-order valence-corrected chi connectivity index (χ1v) is 10.7. The van der Waals surface area contributed by atoms with E-state index in [2.05, 4.69) is 22.4 Å². The van der Waals surface area contributed by atoms with Crippen molar-refractivity contribution in [3.63, 3.8) is 0 Å². The van der Waals surface area contributed by atoms with E-state index in [-0.39, 0.29) is 28.7 Å². The molecule has 1 spiro atoms. The Kier molecular flexibility index (Phi) is 4.82. The van der Waals surface area contributed by atoms with E-state index >= 15 is 0 Å². The fraction of sp³-hybridized carbons (Fsp3) is 0.458. The van der Waals surface area contributed by atoms with Gasteiger partial charge in [-0.25, -0.2) is 0 Å². The van der Waals surface area contributed by atoms with E-state index in [9.17, 15) is 9.59 Å². The van der Waals surface area contributed by atoms with Crippen LogP contribution < -0.4 is 5.32 Å². The second-order valence-corrected chi connectivity index (χ2v) is 9.01. The third-order valence-corrected chi connectivity index (χ3v) is 6.73. The Labute approximate surface area is 176 Å². The molecule has 1 saturated carbocycles. The molecule has 2 aromatic rings. The predicted octanol–water partition coefficient (Wildman–Crippen LogP) is 2.44. The van der Waals surface area contributed by atoms with Gasteiger partial charge in [-0.05, 0) is 48.4 Å². The summed E-state index contributed by atoms with van der Waals surface area (Å²) in [4.78, 5) is 31.4. The number of nitrogens with zero attached hydrogens (tertiary/aromatic N) is 2. The van der Waals surface area contributed by atoms with Gasteiger partial charge in [0.1, 0.15) is 5.60 Å². The van der Waals surface area contributed by atoms with Crippen molar-refractivity contribution in [1.82, 2.24) is 15.2 Å².